The summed E-state index contributed by atoms with van der Waals surface area (Å²) in [5.41, 5.74) is 0.374. The summed E-state index contributed by atoms with van der Waals surface area (Å²) in [5.74, 6) is -1.89. The van der Waals surface area contributed by atoms with Crippen molar-refractivity contribution in [2.75, 3.05) is 5.32 Å². The molecule has 0 saturated heterocycles. The number of amides is 1. The molecule has 0 unspecified atom stereocenters. The second-order valence-corrected chi connectivity index (χ2v) is 5.35. The van der Waals surface area contributed by atoms with Crippen molar-refractivity contribution >= 4 is 22.9 Å². The fraction of sp³-hybridized carbons (Fsp3) is 0.0714. The number of halogens is 2. The second kappa shape index (κ2) is 5.64. The maximum absolute atomic E-state index is 13.7. The normalized spacial score (nSPS) is 10.7. The molecule has 22 heavy (non-hydrogen) atoms. The van der Waals surface area contributed by atoms with Gasteiger partial charge in [0.1, 0.15) is 22.3 Å². The minimum Gasteiger partial charge on any atom is -0.318 e. The molecule has 0 spiro atoms. The summed E-state index contributed by atoms with van der Waals surface area (Å²) in [4.78, 5) is 16.1. The first kappa shape index (κ1) is 14.3. The number of hydrogen-bond acceptors (Lipinski definition) is 4. The highest BCUT2D eigenvalue weighted by molar-refractivity contribution is 7.13. The number of nitrogens with zero attached hydrogens (tertiary/aromatic N) is 3. The van der Waals surface area contributed by atoms with Gasteiger partial charge in [0.25, 0.3) is 5.91 Å². The van der Waals surface area contributed by atoms with E-state index in [4.69, 9.17) is 0 Å². The van der Waals surface area contributed by atoms with E-state index in [-0.39, 0.29) is 16.3 Å². The Morgan fingerprint density at radius 2 is 2.05 bits per heavy atom. The highest BCUT2D eigenvalue weighted by Gasteiger charge is 2.17. The largest absolute Gasteiger partial charge is 0.318 e. The Bertz CT molecular complexity index is 823. The molecule has 112 valence electrons. The predicted molar refractivity (Wildman–Crippen MR) is 78.6 cm³/mol. The molecule has 3 aromatic rings. The van der Waals surface area contributed by atoms with Gasteiger partial charge in [-0.25, -0.2) is 13.8 Å². The predicted octanol–water partition coefficient (Wildman–Crippen LogP) is 3.07. The Morgan fingerprint density at radius 3 is 2.68 bits per heavy atom. The van der Waals surface area contributed by atoms with E-state index in [0.717, 1.165) is 23.5 Å². The summed E-state index contributed by atoms with van der Waals surface area (Å²) in [6, 6.07) is 3.57. The lowest BCUT2D eigenvalue weighted by molar-refractivity contribution is 0.102. The van der Waals surface area contributed by atoms with Crippen LogP contribution in [0.4, 0.5) is 14.5 Å². The molecule has 5 nitrogen and oxygen atoms in total. The Hall–Kier alpha value is -2.61. The number of thiazole rings is 1. The van der Waals surface area contributed by atoms with Gasteiger partial charge in [0, 0.05) is 18.6 Å². The van der Waals surface area contributed by atoms with Gasteiger partial charge in [-0.15, -0.1) is 11.3 Å². The highest BCUT2D eigenvalue weighted by Crippen LogP contribution is 2.29. The van der Waals surface area contributed by atoms with Gasteiger partial charge in [-0.3, -0.25) is 9.48 Å². The number of aromatic nitrogens is 3. The minimum atomic E-state index is -0.714. The van der Waals surface area contributed by atoms with Crippen molar-refractivity contribution in [1.82, 2.24) is 14.8 Å². The zero-order chi connectivity index (χ0) is 15.7. The topological polar surface area (TPSA) is 59.8 Å². The first-order valence-electron chi connectivity index (χ1n) is 6.24. The summed E-state index contributed by atoms with van der Waals surface area (Å²) >= 11 is 1.00. The standard InChI is InChI=1S/C14H10F2N4OS/c1-20-6-8(5-17-20)18-13(21)11-7-22-14(19-11)12-9(15)3-2-4-10(12)16/h2-7H,1H3,(H,18,21). The van der Waals surface area contributed by atoms with Crippen LogP contribution in [0.15, 0.2) is 36.0 Å². The van der Waals surface area contributed by atoms with Crippen LogP contribution < -0.4 is 5.32 Å². The van der Waals surface area contributed by atoms with E-state index >= 15 is 0 Å². The van der Waals surface area contributed by atoms with Crippen LogP contribution in [0.1, 0.15) is 10.5 Å². The molecule has 1 N–H and O–H groups in total. The molecule has 1 amide bonds. The van der Waals surface area contributed by atoms with E-state index in [1.165, 1.54) is 22.3 Å². The third kappa shape index (κ3) is 2.73. The third-order valence-corrected chi connectivity index (χ3v) is 3.74. The fourth-order valence-corrected chi connectivity index (χ4v) is 2.72. The van der Waals surface area contributed by atoms with Gasteiger partial charge in [-0.05, 0) is 12.1 Å². The molecule has 0 aliphatic carbocycles. The van der Waals surface area contributed by atoms with Gasteiger partial charge in [-0.1, -0.05) is 6.07 Å². The molecule has 0 fully saturated rings. The fourth-order valence-electron chi connectivity index (χ4n) is 1.88. The van der Waals surface area contributed by atoms with Crippen molar-refractivity contribution in [3.63, 3.8) is 0 Å². The van der Waals surface area contributed by atoms with Crippen LogP contribution >= 0.6 is 11.3 Å². The average Bonchev–Trinajstić information content (AvgIpc) is 3.08. The van der Waals surface area contributed by atoms with Crippen molar-refractivity contribution < 1.29 is 13.6 Å². The Morgan fingerprint density at radius 1 is 1.32 bits per heavy atom. The zero-order valence-electron chi connectivity index (χ0n) is 11.4. The highest BCUT2D eigenvalue weighted by atomic mass is 32.1. The molecule has 0 radical (unpaired) electrons. The third-order valence-electron chi connectivity index (χ3n) is 2.88. The number of anilines is 1. The number of carbonyl (C=O) groups is 1. The molecular weight excluding hydrogens is 310 g/mol. The van der Waals surface area contributed by atoms with Gasteiger partial charge in [0.2, 0.25) is 0 Å². The lowest BCUT2D eigenvalue weighted by Gasteiger charge is -2.00. The number of nitrogens with one attached hydrogen (secondary N) is 1. The monoisotopic (exact) mass is 320 g/mol. The van der Waals surface area contributed by atoms with E-state index < -0.39 is 17.5 Å². The molecule has 3 rings (SSSR count). The van der Waals surface area contributed by atoms with Crippen molar-refractivity contribution in [3.8, 4) is 10.6 Å². The van der Waals surface area contributed by atoms with Crippen LogP contribution in [0.5, 0.6) is 0 Å². The molecule has 0 atom stereocenters. The molecule has 1 aromatic carbocycles. The maximum Gasteiger partial charge on any atom is 0.275 e. The molecule has 2 aromatic heterocycles. The summed E-state index contributed by atoms with van der Waals surface area (Å²) in [6.07, 6.45) is 3.11. The van der Waals surface area contributed by atoms with E-state index in [2.05, 4.69) is 15.4 Å². The quantitative estimate of drug-likeness (QED) is 0.807. The maximum atomic E-state index is 13.7. The first-order chi connectivity index (χ1) is 10.5. The molecule has 0 aliphatic rings. The minimum absolute atomic E-state index is 0.0894. The van der Waals surface area contributed by atoms with Crippen LogP contribution in [-0.2, 0) is 7.05 Å². The lowest BCUT2D eigenvalue weighted by Crippen LogP contribution is -2.11. The van der Waals surface area contributed by atoms with Gasteiger partial charge < -0.3 is 5.32 Å². The Balaban J connectivity index is 1.86. The molecule has 8 heteroatoms. The van der Waals surface area contributed by atoms with Crippen LogP contribution in [0.25, 0.3) is 10.6 Å². The first-order valence-corrected chi connectivity index (χ1v) is 7.12. The molecular formula is C14H10F2N4OS. The molecule has 0 aliphatic heterocycles. The number of aryl methyl sites for hydroxylation is 1. The number of carbonyl (C=O) groups excluding carboxylic acids is 1. The van der Waals surface area contributed by atoms with Crippen LogP contribution in [0.3, 0.4) is 0 Å². The van der Waals surface area contributed by atoms with Crippen molar-refractivity contribution in [1.29, 1.82) is 0 Å². The number of rotatable bonds is 3. The van der Waals surface area contributed by atoms with Crippen molar-refractivity contribution in [2.24, 2.45) is 7.05 Å². The summed E-state index contributed by atoms with van der Waals surface area (Å²) in [6.45, 7) is 0. The van der Waals surface area contributed by atoms with Crippen LogP contribution in [0, 0.1) is 11.6 Å². The summed E-state index contributed by atoms with van der Waals surface area (Å²) in [7, 11) is 1.72. The van der Waals surface area contributed by atoms with Crippen molar-refractivity contribution in [3.05, 3.63) is 53.3 Å². The van der Waals surface area contributed by atoms with E-state index in [1.54, 1.807) is 13.2 Å². The SMILES string of the molecule is Cn1cc(NC(=O)c2csc(-c3c(F)cccc3F)n2)cn1. The number of benzene rings is 1. The Labute approximate surface area is 128 Å². The van der Waals surface area contributed by atoms with Crippen LogP contribution in [-0.4, -0.2) is 20.7 Å². The molecule has 0 bridgehead atoms. The molecule has 0 saturated carbocycles. The van der Waals surface area contributed by atoms with E-state index in [0.29, 0.717) is 5.69 Å². The van der Waals surface area contributed by atoms with Crippen molar-refractivity contribution in [2.45, 2.75) is 0 Å². The second-order valence-electron chi connectivity index (χ2n) is 4.49. The smallest absolute Gasteiger partial charge is 0.275 e. The number of hydrogen-bond donors (Lipinski definition) is 1. The van der Waals surface area contributed by atoms with Gasteiger partial charge in [0.15, 0.2) is 0 Å². The van der Waals surface area contributed by atoms with Gasteiger partial charge in [-0.2, -0.15) is 5.10 Å². The van der Waals surface area contributed by atoms with E-state index in [9.17, 15) is 13.6 Å². The van der Waals surface area contributed by atoms with E-state index in [1.807, 2.05) is 0 Å². The zero-order valence-corrected chi connectivity index (χ0v) is 12.2. The lowest BCUT2D eigenvalue weighted by atomic mass is 10.2. The Kier molecular flexibility index (Phi) is 3.68. The average molecular weight is 320 g/mol. The van der Waals surface area contributed by atoms with Crippen LogP contribution in [0.2, 0.25) is 0 Å². The molecule has 2 heterocycles. The van der Waals surface area contributed by atoms with Gasteiger partial charge >= 0.3 is 0 Å². The summed E-state index contributed by atoms with van der Waals surface area (Å²) < 4.78 is 29.0. The summed E-state index contributed by atoms with van der Waals surface area (Å²) in [5, 5.41) is 8.10. The van der Waals surface area contributed by atoms with Gasteiger partial charge in [0.05, 0.1) is 17.4 Å².